The molecule has 6 aliphatic rings. The zero-order valence-corrected chi connectivity index (χ0v) is 33.3. The number of carbonyl (C=O) groups excluding carboxylic acids is 4. The molecule has 2 aliphatic heterocycles. The maximum atomic E-state index is 14.9. The Morgan fingerprint density at radius 3 is 2.49 bits per heavy atom. The van der Waals surface area contributed by atoms with Crippen LogP contribution >= 0.6 is 0 Å². The Morgan fingerprint density at radius 2 is 1.75 bits per heavy atom. The van der Waals surface area contributed by atoms with Crippen LogP contribution in [-0.2, 0) is 40.5 Å². The van der Waals surface area contributed by atoms with Crippen LogP contribution in [-0.4, -0.2) is 82.1 Å². The number of rotatable bonds is 7. The Balaban J connectivity index is 1.15. The van der Waals surface area contributed by atoms with Crippen molar-refractivity contribution in [2.24, 2.45) is 23.7 Å². The number of nitrogens with one attached hydrogen (secondary N) is 2. The minimum absolute atomic E-state index is 0.00243. The molecular weight excluding hydrogens is 751 g/mol. The van der Waals surface area contributed by atoms with Crippen LogP contribution in [0.5, 0.6) is 6.01 Å². The van der Waals surface area contributed by atoms with Crippen LogP contribution in [0, 0.1) is 30.6 Å². The molecule has 15 heteroatoms. The third-order valence-corrected chi connectivity index (χ3v) is 15.0. The van der Waals surface area contributed by atoms with E-state index in [0.717, 1.165) is 63.4 Å². The minimum atomic E-state index is -3.91. The lowest BCUT2D eigenvalue weighted by molar-refractivity contribution is -0.156. The summed E-state index contributed by atoms with van der Waals surface area (Å²) in [5.74, 6) is -3.43. The van der Waals surface area contributed by atoms with Gasteiger partial charge in [0.15, 0.2) is 0 Å². The largest absolute Gasteiger partial charge is 0.462 e. The second-order valence-electron chi connectivity index (χ2n) is 17.1. The fraction of sp³-hybridized carbons (Fsp3) is 0.619. The van der Waals surface area contributed by atoms with E-state index in [1.807, 2.05) is 31.2 Å². The third kappa shape index (κ3) is 8.00. The van der Waals surface area contributed by atoms with E-state index in [2.05, 4.69) is 16.6 Å². The summed E-state index contributed by atoms with van der Waals surface area (Å²) in [4.78, 5) is 77.0. The number of aryl methyl sites for hydroxylation is 1. The van der Waals surface area contributed by atoms with Crippen molar-refractivity contribution in [3.05, 3.63) is 58.9 Å². The van der Waals surface area contributed by atoms with Crippen LogP contribution in [0.15, 0.2) is 47.8 Å². The van der Waals surface area contributed by atoms with Crippen molar-refractivity contribution in [2.45, 2.75) is 132 Å². The molecule has 4 aliphatic carbocycles. The van der Waals surface area contributed by atoms with Crippen molar-refractivity contribution in [3.8, 4) is 6.01 Å². The van der Waals surface area contributed by atoms with Gasteiger partial charge in [0.25, 0.3) is 17.5 Å². The molecule has 2 bridgehead atoms. The summed E-state index contributed by atoms with van der Waals surface area (Å²) in [6.45, 7) is 5.85. The second-order valence-corrected chi connectivity index (χ2v) is 19.1. The molecule has 57 heavy (non-hydrogen) atoms. The van der Waals surface area contributed by atoms with Crippen LogP contribution in [0.1, 0.15) is 95.5 Å². The van der Waals surface area contributed by atoms with Gasteiger partial charge in [-0.15, -0.1) is 6.58 Å². The average molecular weight is 804 g/mol. The van der Waals surface area contributed by atoms with Gasteiger partial charge in [0.2, 0.25) is 21.8 Å². The van der Waals surface area contributed by atoms with Crippen molar-refractivity contribution < 1.29 is 37.1 Å². The monoisotopic (exact) mass is 803 g/mol. The Hall–Kier alpha value is -4.53. The number of benzene rings is 1. The highest BCUT2D eigenvalue weighted by molar-refractivity contribution is 7.91. The molecule has 0 radical (unpaired) electrons. The third-order valence-electron chi connectivity index (χ3n) is 13.1. The normalized spacial score (nSPS) is 31.6. The first-order valence-corrected chi connectivity index (χ1v) is 22.2. The Labute approximate surface area is 332 Å². The summed E-state index contributed by atoms with van der Waals surface area (Å²) in [5, 5.41) is 2.63. The van der Waals surface area contributed by atoms with E-state index in [1.54, 1.807) is 6.07 Å². The van der Waals surface area contributed by atoms with E-state index < -0.39 is 62.6 Å². The summed E-state index contributed by atoms with van der Waals surface area (Å²) in [7, 11) is -3.91. The van der Waals surface area contributed by atoms with Crippen molar-refractivity contribution in [3.63, 3.8) is 0 Å². The maximum Gasteiger partial charge on any atom is 0.306 e. The van der Waals surface area contributed by atoms with Crippen LogP contribution in [0.4, 0.5) is 0 Å². The van der Waals surface area contributed by atoms with Gasteiger partial charge in [-0.05, 0) is 101 Å². The van der Waals surface area contributed by atoms with Gasteiger partial charge < -0.3 is 19.7 Å². The van der Waals surface area contributed by atoms with Crippen molar-refractivity contribution >= 4 is 44.6 Å². The average Bonchev–Trinajstić information content (AvgIpc) is 3.96. The maximum absolute atomic E-state index is 14.9. The summed E-state index contributed by atoms with van der Waals surface area (Å²) in [5.41, 5.74) is -0.464. The lowest BCUT2D eigenvalue weighted by Crippen LogP contribution is -2.57. The molecule has 8 rings (SSSR count). The van der Waals surface area contributed by atoms with Gasteiger partial charge in [-0.3, -0.25) is 33.3 Å². The molecule has 306 valence electrons. The number of ether oxygens (including phenoxy) is 2. The standard InChI is InChI=1S/C42H53N5O9S/c1-3-28-23-42(28,40(52)45-57(53,54)30-16-17-30)44-37(49)34-21-29-24-47(34)39(51)32(26-10-6-7-11-26)22-36(48)56-35-14-9-13-27(35)12-5-4-8-19-46-38(50)31-18-15-25(2)20-33(31)43-41(46)55-29/h3-4,8,15,18,20,26-30,32,34-35H,1,5-7,9-14,16-17,19,21-24H2,2H3,(H,44,49)(H,45,52)/b8-4+/t27-,28+,29-,32+,34+,35-,42-/m1/s1. The molecule has 3 amide bonds. The number of hydrogen-bond acceptors (Lipinski definition) is 10. The number of aromatic nitrogens is 2. The molecule has 1 aromatic heterocycles. The first-order chi connectivity index (χ1) is 27.4. The molecule has 14 nitrogen and oxygen atoms in total. The quantitative estimate of drug-likeness (QED) is 0.307. The first kappa shape index (κ1) is 39.3. The van der Waals surface area contributed by atoms with Crippen molar-refractivity contribution in [1.82, 2.24) is 24.5 Å². The number of carbonyl (C=O) groups is 4. The van der Waals surface area contributed by atoms with Crippen LogP contribution in [0.2, 0.25) is 0 Å². The molecule has 7 atom stereocenters. The summed E-state index contributed by atoms with van der Waals surface area (Å²) >= 11 is 0. The highest BCUT2D eigenvalue weighted by atomic mass is 32.2. The zero-order chi connectivity index (χ0) is 40.1. The molecule has 2 N–H and O–H groups in total. The van der Waals surface area contributed by atoms with Gasteiger partial charge in [0.05, 0.1) is 35.0 Å². The Bertz CT molecular complexity index is 2160. The Kier molecular flexibility index (Phi) is 10.8. The van der Waals surface area contributed by atoms with E-state index in [9.17, 15) is 32.4 Å². The summed E-state index contributed by atoms with van der Waals surface area (Å²) < 4.78 is 41.9. The van der Waals surface area contributed by atoms with Gasteiger partial charge in [-0.1, -0.05) is 37.1 Å². The van der Waals surface area contributed by atoms with E-state index in [4.69, 9.17) is 14.5 Å². The lowest BCUT2D eigenvalue weighted by Gasteiger charge is -2.32. The predicted octanol–water partition coefficient (Wildman–Crippen LogP) is 3.98. The van der Waals surface area contributed by atoms with E-state index in [0.29, 0.717) is 23.7 Å². The number of esters is 1. The molecule has 0 unspecified atom stereocenters. The first-order valence-electron chi connectivity index (χ1n) is 20.7. The highest BCUT2D eigenvalue weighted by Crippen LogP contribution is 2.46. The van der Waals surface area contributed by atoms with Crippen LogP contribution < -0.4 is 20.3 Å². The van der Waals surface area contributed by atoms with Gasteiger partial charge in [-0.25, -0.2) is 8.42 Å². The molecule has 1 aromatic carbocycles. The lowest BCUT2D eigenvalue weighted by atomic mass is 9.86. The number of hydrogen-bond donors (Lipinski definition) is 2. The van der Waals surface area contributed by atoms with E-state index in [-0.39, 0.29) is 67.8 Å². The summed E-state index contributed by atoms with van der Waals surface area (Å²) in [6, 6.07) is 4.34. The smallest absolute Gasteiger partial charge is 0.306 e. The SMILES string of the molecule is C=C[C@H]1C[C@]1(NC(=O)[C@@H]1C[C@@H]2CN1C(=O)[C@H](C1CCCC1)CC(=O)O[C@@H]1CCC[C@H]1CC/C=C/Cn1c(nc3cc(C)ccc3c1=O)O2)C(=O)NS(=O)(=O)C1CC1. The molecular formula is C42H53N5O9S. The van der Waals surface area contributed by atoms with E-state index in [1.165, 1.54) is 15.5 Å². The molecule has 5 fully saturated rings. The summed E-state index contributed by atoms with van der Waals surface area (Å²) in [6.07, 6.45) is 12.9. The molecule has 3 heterocycles. The fourth-order valence-corrected chi connectivity index (χ4v) is 11.0. The minimum Gasteiger partial charge on any atom is -0.462 e. The van der Waals surface area contributed by atoms with E-state index >= 15 is 0 Å². The highest BCUT2D eigenvalue weighted by Gasteiger charge is 2.62. The number of fused-ring (bicyclic) bond motifs is 5. The van der Waals surface area contributed by atoms with Crippen LogP contribution in [0.3, 0.4) is 0 Å². The van der Waals surface area contributed by atoms with Crippen molar-refractivity contribution in [2.75, 3.05) is 6.54 Å². The molecule has 1 saturated heterocycles. The Morgan fingerprint density at radius 1 is 0.982 bits per heavy atom. The fourth-order valence-electron chi connectivity index (χ4n) is 9.63. The van der Waals surface area contributed by atoms with Gasteiger partial charge in [-0.2, -0.15) is 4.98 Å². The van der Waals surface area contributed by atoms with Crippen LogP contribution in [0.25, 0.3) is 10.9 Å². The number of allylic oxidation sites excluding steroid dienone is 2. The van der Waals surface area contributed by atoms with Gasteiger partial charge in [0, 0.05) is 18.9 Å². The van der Waals surface area contributed by atoms with Gasteiger partial charge >= 0.3 is 5.97 Å². The zero-order valence-electron chi connectivity index (χ0n) is 32.5. The second kappa shape index (κ2) is 15.7. The molecule has 2 aromatic rings. The molecule has 4 saturated carbocycles. The number of sulfonamides is 1. The number of nitrogens with zero attached hydrogens (tertiary/aromatic N) is 3. The topological polar surface area (TPSA) is 183 Å². The van der Waals surface area contributed by atoms with Gasteiger partial charge in [0.1, 0.15) is 23.8 Å². The predicted molar refractivity (Wildman–Crippen MR) is 210 cm³/mol. The molecule has 0 spiro atoms. The number of amides is 3. The van der Waals surface area contributed by atoms with Crippen molar-refractivity contribution in [1.29, 1.82) is 0 Å².